The van der Waals surface area contributed by atoms with Crippen molar-refractivity contribution in [2.75, 3.05) is 4.90 Å². The fourth-order valence-electron chi connectivity index (χ4n) is 9.95. The summed E-state index contributed by atoms with van der Waals surface area (Å²) in [4.78, 5) is 2.40. The summed E-state index contributed by atoms with van der Waals surface area (Å²) in [6.45, 7) is 0. The molecule has 11 rings (SSSR count). The average molecular weight is 742 g/mol. The van der Waals surface area contributed by atoms with E-state index >= 15 is 0 Å². The average Bonchev–Trinajstić information content (AvgIpc) is 3.61. The molecule has 9 aromatic rings. The van der Waals surface area contributed by atoms with E-state index < -0.39 is 10.8 Å². The molecule has 0 radical (unpaired) electrons. The van der Waals surface area contributed by atoms with Gasteiger partial charge in [0.25, 0.3) is 0 Å². The number of fused-ring (bicyclic) bond motifs is 5. The highest BCUT2D eigenvalue weighted by Gasteiger charge is 2.47. The van der Waals surface area contributed by atoms with Crippen LogP contribution >= 0.6 is 0 Å². The second kappa shape index (κ2) is 13.7. The highest BCUT2D eigenvalue weighted by molar-refractivity contribution is 5.87. The number of hydrogen-bond donors (Lipinski definition) is 0. The van der Waals surface area contributed by atoms with Gasteiger partial charge >= 0.3 is 0 Å². The highest BCUT2D eigenvalue weighted by Crippen LogP contribution is 2.58. The maximum atomic E-state index is 6.82. The minimum absolute atomic E-state index is 0.518. The summed E-state index contributed by atoms with van der Waals surface area (Å²) >= 11 is 0. The Balaban J connectivity index is 1.17. The van der Waals surface area contributed by atoms with Gasteiger partial charge in [0.15, 0.2) is 0 Å². The van der Waals surface area contributed by atoms with Gasteiger partial charge in [-0.2, -0.15) is 0 Å². The summed E-state index contributed by atoms with van der Waals surface area (Å²) in [6.07, 6.45) is 0. The van der Waals surface area contributed by atoms with Crippen LogP contribution in [-0.4, -0.2) is 0 Å². The van der Waals surface area contributed by atoms with Crippen LogP contribution in [0.15, 0.2) is 237 Å². The second-order valence-corrected chi connectivity index (χ2v) is 15.2. The molecule has 0 saturated carbocycles. The van der Waals surface area contributed by atoms with Gasteiger partial charge in [0.2, 0.25) is 0 Å². The zero-order chi connectivity index (χ0) is 38.5. The Morgan fingerprint density at radius 2 is 0.690 bits per heavy atom. The molecule has 0 bridgehead atoms. The fourth-order valence-corrected chi connectivity index (χ4v) is 9.95. The zero-order valence-corrected chi connectivity index (χ0v) is 31.9. The molecular formula is C56H39NO. The van der Waals surface area contributed by atoms with Gasteiger partial charge in [-0.05, 0) is 93.0 Å². The zero-order valence-electron chi connectivity index (χ0n) is 31.9. The third kappa shape index (κ3) is 4.98. The molecule has 0 fully saturated rings. The van der Waals surface area contributed by atoms with Crippen LogP contribution in [0.1, 0.15) is 44.5 Å². The number of para-hydroxylation sites is 2. The van der Waals surface area contributed by atoms with Crippen molar-refractivity contribution in [2.24, 2.45) is 0 Å². The summed E-state index contributed by atoms with van der Waals surface area (Å²) in [5, 5.41) is 0. The minimum atomic E-state index is -0.637. The SMILES string of the molecule is c1ccc(N(c2cccc(C3(c4ccccc4)c4ccccc4-c4ccccc43)c2)c2ccc3c(c2)C(c2ccccc2)(c2ccccc2)c2ccccc2O3)cc1. The van der Waals surface area contributed by atoms with E-state index in [-0.39, 0.29) is 0 Å². The quantitative estimate of drug-likeness (QED) is 0.161. The molecule has 2 aliphatic rings. The lowest BCUT2D eigenvalue weighted by molar-refractivity contribution is 0.434. The Labute approximate surface area is 339 Å². The minimum Gasteiger partial charge on any atom is -0.457 e. The van der Waals surface area contributed by atoms with Gasteiger partial charge in [0.1, 0.15) is 11.5 Å². The van der Waals surface area contributed by atoms with Crippen molar-refractivity contribution < 1.29 is 4.74 Å². The van der Waals surface area contributed by atoms with Crippen LogP contribution in [0.2, 0.25) is 0 Å². The summed E-state index contributed by atoms with van der Waals surface area (Å²) < 4.78 is 6.82. The van der Waals surface area contributed by atoms with Crippen molar-refractivity contribution >= 4 is 17.1 Å². The van der Waals surface area contributed by atoms with Gasteiger partial charge in [-0.3, -0.25) is 0 Å². The molecule has 2 heteroatoms. The summed E-state index contributed by atoms with van der Waals surface area (Å²) in [5.74, 6) is 1.71. The van der Waals surface area contributed by atoms with E-state index in [4.69, 9.17) is 4.74 Å². The van der Waals surface area contributed by atoms with Crippen molar-refractivity contribution in [1.29, 1.82) is 0 Å². The first-order chi connectivity index (χ1) is 28.8. The number of hydrogen-bond acceptors (Lipinski definition) is 2. The first kappa shape index (κ1) is 33.9. The molecule has 2 nitrogen and oxygen atoms in total. The van der Waals surface area contributed by atoms with E-state index in [1.54, 1.807) is 0 Å². The fraction of sp³-hybridized carbons (Fsp3) is 0.0357. The Morgan fingerprint density at radius 3 is 1.28 bits per heavy atom. The Bertz CT molecular complexity index is 2840. The van der Waals surface area contributed by atoms with Gasteiger partial charge < -0.3 is 9.64 Å². The predicted molar refractivity (Wildman–Crippen MR) is 237 cm³/mol. The maximum absolute atomic E-state index is 6.82. The molecule has 0 amide bonds. The number of rotatable bonds is 7. The lowest BCUT2D eigenvalue weighted by Crippen LogP contribution is -2.34. The lowest BCUT2D eigenvalue weighted by Gasteiger charge is -2.42. The molecule has 1 heterocycles. The van der Waals surface area contributed by atoms with Crippen LogP contribution in [-0.2, 0) is 10.8 Å². The molecule has 0 spiro atoms. The molecule has 9 aromatic carbocycles. The highest BCUT2D eigenvalue weighted by atomic mass is 16.5. The first-order valence-electron chi connectivity index (χ1n) is 20.0. The van der Waals surface area contributed by atoms with Crippen molar-refractivity contribution in [3.8, 4) is 22.6 Å². The molecule has 274 valence electrons. The Morgan fingerprint density at radius 1 is 0.276 bits per heavy atom. The van der Waals surface area contributed by atoms with Gasteiger partial charge in [0.05, 0.1) is 10.8 Å². The van der Waals surface area contributed by atoms with E-state index in [1.807, 2.05) is 0 Å². The molecular weight excluding hydrogens is 703 g/mol. The van der Waals surface area contributed by atoms with Crippen molar-refractivity contribution in [1.82, 2.24) is 0 Å². The topological polar surface area (TPSA) is 12.5 Å². The van der Waals surface area contributed by atoms with E-state index in [1.165, 1.54) is 44.5 Å². The molecule has 0 unspecified atom stereocenters. The third-order valence-electron chi connectivity index (χ3n) is 12.3. The maximum Gasteiger partial charge on any atom is 0.132 e. The van der Waals surface area contributed by atoms with Crippen molar-refractivity contribution in [2.45, 2.75) is 10.8 Å². The van der Waals surface area contributed by atoms with Crippen LogP contribution in [0.5, 0.6) is 11.5 Å². The second-order valence-electron chi connectivity index (χ2n) is 15.2. The van der Waals surface area contributed by atoms with Crippen molar-refractivity contribution in [3.63, 3.8) is 0 Å². The van der Waals surface area contributed by atoms with E-state index in [9.17, 15) is 0 Å². The number of benzene rings is 9. The molecule has 0 atom stereocenters. The van der Waals surface area contributed by atoms with Crippen molar-refractivity contribution in [3.05, 3.63) is 281 Å². The Hall–Kier alpha value is -7.42. The molecule has 0 saturated heterocycles. The van der Waals surface area contributed by atoms with Crippen LogP contribution in [0, 0.1) is 0 Å². The summed E-state index contributed by atoms with van der Waals surface area (Å²) in [5.41, 5.74) is 14.2. The lowest BCUT2D eigenvalue weighted by atomic mass is 9.63. The largest absolute Gasteiger partial charge is 0.457 e. The smallest absolute Gasteiger partial charge is 0.132 e. The van der Waals surface area contributed by atoms with Gasteiger partial charge in [-0.15, -0.1) is 0 Å². The van der Waals surface area contributed by atoms with Gasteiger partial charge in [0, 0.05) is 28.2 Å². The normalized spacial score (nSPS) is 13.9. The third-order valence-corrected chi connectivity index (χ3v) is 12.3. The van der Waals surface area contributed by atoms with Crippen LogP contribution in [0.4, 0.5) is 17.1 Å². The van der Waals surface area contributed by atoms with E-state index in [0.717, 1.165) is 39.7 Å². The Kier molecular flexibility index (Phi) is 7.97. The molecule has 1 aliphatic heterocycles. The van der Waals surface area contributed by atoms with E-state index in [2.05, 4.69) is 241 Å². The van der Waals surface area contributed by atoms with Gasteiger partial charge in [-0.25, -0.2) is 0 Å². The molecule has 1 aliphatic carbocycles. The molecule has 0 aromatic heterocycles. The molecule has 0 N–H and O–H groups in total. The monoisotopic (exact) mass is 741 g/mol. The van der Waals surface area contributed by atoms with Crippen LogP contribution in [0.3, 0.4) is 0 Å². The first-order valence-corrected chi connectivity index (χ1v) is 20.0. The molecule has 58 heavy (non-hydrogen) atoms. The summed E-state index contributed by atoms with van der Waals surface area (Å²) in [6, 6.07) is 85.8. The van der Waals surface area contributed by atoms with E-state index in [0.29, 0.717) is 0 Å². The predicted octanol–water partition coefficient (Wildman–Crippen LogP) is 14.0. The number of nitrogens with zero attached hydrogens (tertiary/aromatic N) is 1. The van der Waals surface area contributed by atoms with Crippen LogP contribution in [0.25, 0.3) is 11.1 Å². The van der Waals surface area contributed by atoms with Crippen LogP contribution < -0.4 is 9.64 Å². The summed E-state index contributed by atoms with van der Waals surface area (Å²) in [7, 11) is 0. The number of ether oxygens (including phenoxy) is 1. The number of anilines is 3. The van der Waals surface area contributed by atoms with Gasteiger partial charge in [-0.1, -0.05) is 188 Å². The standard InChI is InChI=1S/C56H39NO/c1-5-20-40(21-6-1)55(41-22-7-2-8-23-41)51-34-17-18-35-53(51)58-54-37-36-46(39-52(54)55)57(44-27-11-4-12-28-44)45-29-19-26-43(38-45)56(42-24-9-3-10-25-42)49-32-15-13-30-47(49)48-31-14-16-33-50(48)56/h1-39H.